The van der Waals surface area contributed by atoms with E-state index in [1.165, 1.54) is 28.4 Å². The smallest absolute Gasteiger partial charge is 0.317 e. The first kappa shape index (κ1) is 17.8. The summed E-state index contributed by atoms with van der Waals surface area (Å²) >= 11 is 0. The van der Waals surface area contributed by atoms with E-state index < -0.39 is 30.9 Å². The van der Waals surface area contributed by atoms with Gasteiger partial charge in [0.25, 0.3) is 0 Å². The number of carbonyl (C=O) groups excluding carboxylic acids is 2. The zero-order valence-corrected chi connectivity index (χ0v) is 11.5. The molecule has 0 atom stereocenters. The molecule has 0 unspecified atom stereocenters. The van der Waals surface area contributed by atoms with Crippen molar-refractivity contribution in [1.82, 2.24) is 0 Å². The van der Waals surface area contributed by atoms with Gasteiger partial charge >= 0.3 is 11.9 Å². The minimum Gasteiger partial charge on any atom is -0.460 e. The highest BCUT2D eigenvalue weighted by Crippen LogP contribution is 1.98. The molecule has 0 aromatic carbocycles. The van der Waals surface area contributed by atoms with Crippen LogP contribution in [-0.2, 0) is 38.0 Å². The van der Waals surface area contributed by atoms with Crippen molar-refractivity contribution in [1.29, 1.82) is 0 Å². The van der Waals surface area contributed by atoms with Crippen molar-refractivity contribution >= 4 is 11.9 Å². The van der Waals surface area contributed by atoms with Gasteiger partial charge in [-0.05, 0) is 0 Å². The normalized spacial score (nSPS) is 10.8. The van der Waals surface area contributed by atoms with Crippen LogP contribution in [0.2, 0.25) is 0 Å². The Bertz CT molecular complexity index is 233. The lowest BCUT2D eigenvalue weighted by Gasteiger charge is -2.14. The predicted octanol–water partition coefficient (Wildman–Crippen LogP) is -0.299. The van der Waals surface area contributed by atoms with E-state index in [1.807, 2.05) is 0 Å². The van der Waals surface area contributed by atoms with Crippen LogP contribution in [0.4, 0.5) is 0 Å². The highest BCUT2D eigenvalue weighted by atomic mass is 16.7. The van der Waals surface area contributed by atoms with Gasteiger partial charge < -0.3 is 28.4 Å². The van der Waals surface area contributed by atoms with Gasteiger partial charge in [-0.25, -0.2) is 0 Å². The van der Waals surface area contributed by atoms with Gasteiger partial charge in [0.15, 0.2) is 12.6 Å². The van der Waals surface area contributed by atoms with Crippen molar-refractivity contribution in [3.05, 3.63) is 0 Å². The van der Waals surface area contributed by atoms with E-state index in [1.54, 1.807) is 0 Å². The van der Waals surface area contributed by atoms with Crippen molar-refractivity contribution < 1.29 is 38.0 Å². The summed E-state index contributed by atoms with van der Waals surface area (Å²) < 4.78 is 28.8. The van der Waals surface area contributed by atoms with Gasteiger partial charge in [-0.15, -0.1) is 0 Å². The second-order valence-corrected chi connectivity index (χ2v) is 3.34. The molecule has 0 aliphatic carbocycles. The molecule has 19 heavy (non-hydrogen) atoms. The van der Waals surface area contributed by atoms with Crippen LogP contribution in [0.3, 0.4) is 0 Å². The molecule has 0 aliphatic rings. The molecule has 0 aliphatic heterocycles. The van der Waals surface area contributed by atoms with Crippen LogP contribution in [-0.4, -0.2) is 66.2 Å². The van der Waals surface area contributed by atoms with E-state index in [9.17, 15) is 9.59 Å². The Morgan fingerprint density at radius 2 is 1.05 bits per heavy atom. The molecule has 8 heteroatoms. The molecule has 0 saturated carbocycles. The van der Waals surface area contributed by atoms with Crippen molar-refractivity contribution in [2.24, 2.45) is 0 Å². The average Bonchev–Trinajstić information content (AvgIpc) is 2.41. The van der Waals surface area contributed by atoms with Crippen molar-refractivity contribution in [2.75, 3.05) is 41.7 Å². The third-order valence-corrected chi connectivity index (χ3v) is 2.10. The zero-order chi connectivity index (χ0) is 14.7. The number of ether oxygens (including phenoxy) is 6. The predicted molar refractivity (Wildman–Crippen MR) is 62.1 cm³/mol. The topological polar surface area (TPSA) is 89.5 Å². The summed E-state index contributed by atoms with van der Waals surface area (Å²) in [4.78, 5) is 22.6. The minimum atomic E-state index is -0.726. The van der Waals surface area contributed by atoms with Gasteiger partial charge in [-0.1, -0.05) is 0 Å². The first-order chi connectivity index (χ1) is 9.07. The molecule has 0 spiro atoms. The minimum absolute atomic E-state index is 0.0993. The van der Waals surface area contributed by atoms with Gasteiger partial charge in [0.05, 0.1) is 0 Å². The highest BCUT2D eigenvalue weighted by Gasteiger charge is 2.16. The molecule has 0 heterocycles. The lowest BCUT2D eigenvalue weighted by molar-refractivity contribution is -0.176. The molecule has 0 radical (unpaired) electrons. The van der Waals surface area contributed by atoms with Crippen LogP contribution >= 0.6 is 0 Å². The van der Waals surface area contributed by atoms with E-state index in [4.69, 9.17) is 28.4 Å². The summed E-state index contributed by atoms with van der Waals surface area (Å²) in [5.74, 6) is -1.45. The molecule has 0 rings (SSSR count). The van der Waals surface area contributed by atoms with Crippen LogP contribution < -0.4 is 0 Å². The van der Waals surface area contributed by atoms with Crippen LogP contribution in [0.15, 0.2) is 0 Å². The second-order valence-electron chi connectivity index (χ2n) is 3.34. The van der Waals surface area contributed by atoms with Gasteiger partial charge in [-0.3, -0.25) is 9.59 Å². The molecular weight excluding hydrogens is 260 g/mol. The third-order valence-electron chi connectivity index (χ3n) is 2.10. The molecular formula is C11H20O8. The molecule has 112 valence electrons. The SMILES string of the molecule is COC(COC(=O)CC(=O)OCC(OC)OC)OC. The Labute approximate surface area is 111 Å². The van der Waals surface area contributed by atoms with Crippen LogP contribution in [0.1, 0.15) is 6.42 Å². The Kier molecular flexibility index (Phi) is 9.99. The van der Waals surface area contributed by atoms with Gasteiger partial charge in [0.2, 0.25) is 0 Å². The molecule has 0 aromatic rings. The summed E-state index contributed by atoms with van der Waals surface area (Å²) in [6.45, 7) is -0.199. The Balaban J connectivity index is 3.83. The van der Waals surface area contributed by atoms with Crippen LogP contribution in [0.5, 0.6) is 0 Å². The number of carbonyl (C=O) groups is 2. The third kappa shape index (κ3) is 8.49. The van der Waals surface area contributed by atoms with E-state index in [0.29, 0.717) is 0 Å². The summed E-state index contributed by atoms with van der Waals surface area (Å²) in [6, 6.07) is 0. The van der Waals surface area contributed by atoms with Gasteiger partial charge in [0.1, 0.15) is 19.6 Å². The van der Waals surface area contributed by atoms with E-state index in [2.05, 4.69) is 0 Å². The number of hydrogen-bond donors (Lipinski definition) is 0. The Hall–Kier alpha value is -1.22. The fourth-order valence-electron chi connectivity index (χ4n) is 1.01. The van der Waals surface area contributed by atoms with Crippen molar-refractivity contribution in [3.8, 4) is 0 Å². The fraction of sp³-hybridized carbons (Fsp3) is 0.818. The molecule has 0 saturated heterocycles. The lowest BCUT2D eigenvalue weighted by atomic mass is 10.4. The van der Waals surface area contributed by atoms with Crippen molar-refractivity contribution in [2.45, 2.75) is 19.0 Å². The summed E-state index contributed by atoms with van der Waals surface area (Å²) in [7, 11) is 5.63. The van der Waals surface area contributed by atoms with Crippen LogP contribution in [0.25, 0.3) is 0 Å². The number of methoxy groups -OCH3 is 4. The monoisotopic (exact) mass is 280 g/mol. The van der Waals surface area contributed by atoms with Gasteiger partial charge in [-0.2, -0.15) is 0 Å². The molecule has 0 aromatic heterocycles. The summed E-state index contributed by atoms with van der Waals surface area (Å²) in [5, 5.41) is 0. The largest absolute Gasteiger partial charge is 0.460 e. The van der Waals surface area contributed by atoms with Crippen LogP contribution in [0, 0.1) is 0 Å². The second kappa shape index (κ2) is 10.7. The van der Waals surface area contributed by atoms with E-state index in [-0.39, 0.29) is 13.2 Å². The summed E-state index contributed by atoms with van der Waals surface area (Å²) in [6.07, 6.45) is -1.82. The molecule has 8 nitrogen and oxygen atoms in total. The molecule has 0 bridgehead atoms. The van der Waals surface area contributed by atoms with Crippen molar-refractivity contribution in [3.63, 3.8) is 0 Å². The molecule has 0 N–H and O–H groups in total. The number of esters is 2. The number of hydrogen-bond acceptors (Lipinski definition) is 8. The van der Waals surface area contributed by atoms with Gasteiger partial charge in [0, 0.05) is 28.4 Å². The highest BCUT2D eigenvalue weighted by molar-refractivity contribution is 5.91. The zero-order valence-electron chi connectivity index (χ0n) is 11.5. The molecule has 0 amide bonds. The maximum atomic E-state index is 11.3. The fourth-order valence-corrected chi connectivity index (χ4v) is 1.01. The summed E-state index contributed by atoms with van der Waals surface area (Å²) in [5.41, 5.74) is 0. The maximum Gasteiger partial charge on any atom is 0.317 e. The quantitative estimate of drug-likeness (QED) is 0.306. The van der Waals surface area contributed by atoms with E-state index >= 15 is 0 Å². The Morgan fingerprint density at radius 3 is 1.32 bits per heavy atom. The molecule has 0 fully saturated rings. The van der Waals surface area contributed by atoms with E-state index in [0.717, 1.165) is 0 Å². The first-order valence-electron chi connectivity index (χ1n) is 5.49. The Morgan fingerprint density at radius 1 is 0.737 bits per heavy atom. The number of rotatable bonds is 10. The maximum absolute atomic E-state index is 11.3. The first-order valence-corrected chi connectivity index (χ1v) is 5.49. The lowest BCUT2D eigenvalue weighted by Crippen LogP contribution is -2.26. The average molecular weight is 280 g/mol. The standard InChI is InChI=1S/C11H20O8/c1-14-10(15-2)6-18-8(12)5-9(13)19-7-11(16-3)17-4/h10-11H,5-7H2,1-4H3.